The van der Waals surface area contributed by atoms with Crippen LogP contribution in [0.3, 0.4) is 0 Å². The zero-order valence-electron chi connectivity index (χ0n) is 14.5. The largest absolute Gasteiger partial charge is 0.372 e. The fraction of sp³-hybridized carbons (Fsp3) is 0.889. The molecule has 0 aromatic heterocycles. The number of carbonyl (C=O) groups is 2. The minimum absolute atomic E-state index is 0.0304. The fourth-order valence-corrected chi connectivity index (χ4v) is 4.66. The maximum atomic E-state index is 12.7. The van der Waals surface area contributed by atoms with Crippen molar-refractivity contribution in [2.24, 2.45) is 5.92 Å². The van der Waals surface area contributed by atoms with Gasteiger partial charge in [-0.05, 0) is 45.4 Å². The molecule has 3 rings (SSSR count). The highest BCUT2D eigenvalue weighted by molar-refractivity contribution is 5.97. The molecule has 0 aromatic rings. The standard InChI is InChI=1S/C18H30N2O3/c1-13-11-19(12-14(2)23-13)17(21)10-18(22)20-9-5-7-15-6-3-4-8-16(15)20/h13-16H,3-12H2,1-2H3. The highest BCUT2D eigenvalue weighted by Gasteiger charge is 2.37. The van der Waals surface area contributed by atoms with E-state index in [1.807, 2.05) is 18.7 Å². The molecule has 3 fully saturated rings. The number of morpholine rings is 1. The Labute approximate surface area is 139 Å². The number of likely N-dealkylation sites (tertiary alicyclic amines) is 1. The Hall–Kier alpha value is -1.10. The number of ether oxygens (including phenoxy) is 1. The van der Waals surface area contributed by atoms with Crippen molar-refractivity contribution in [3.8, 4) is 0 Å². The molecule has 5 nitrogen and oxygen atoms in total. The van der Waals surface area contributed by atoms with Gasteiger partial charge in [-0.1, -0.05) is 12.8 Å². The molecule has 23 heavy (non-hydrogen) atoms. The smallest absolute Gasteiger partial charge is 0.232 e. The van der Waals surface area contributed by atoms with Gasteiger partial charge in [-0.15, -0.1) is 0 Å². The molecule has 0 bridgehead atoms. The molecule has 4 atom stereocenters. The van der Waals surface area contributed by atoms with Crippen LogP contribution in [0.2, 0.25) is 0 Å². The number of piperidine rings is 1. The number of amides is 2. The third-order valence-electron chi connectivity index (χ3n) is 5.64. The number of fused-ring (bicyclic) bond motifs is 1. The van der Waals surface area contributed by atoms with Crippen LogP contribution in [0.5, 0.6) is 0 Å². The molecule has 2 saturated heterocycles. The molecular formula is C18H30N2O3. The van der Waals surface area contributed by atoms with Gasteiger partial charge in [-0.3, -0.25) is 9.59 Å². The van der Waals surface area contributed by atoms with Gasteiger partial charge in [0, 0.05) is 25.7 Å². The first-order chi connectivity index (χ1) is 11.0. The van der Waals surface area contributed by atoms with Crippen LogP contribution in [0.1, 0.15) is 58.8 Å². The summed E-state index contributed by atoms with van der Waals surface area (Å²) < 4.78 is 5.67. The second-order valence-corrected chi connectivity index (χ2v) is 7.57. The number of hydrogen-bond acceptors (Lipinski definition) is 3. The molecule has 1 saturated carbocycles. The molecule has 4 unspecified atom stereocenters. The van der Waals surface area contributed by atoms with E-state index in [2.05, 4.69) is 0 Å². The first-order valence-electron chi connectivity index (χ1n) is 9.27. The molecule has 3 aliphatic rings. The van der Waals surface area contributed by atoms with Gasteiger partial charge in [-0.25, -0.2) is 0 Å². The summed E-state index contributed by atoms with van der Waals surface area (Å²) >= 11 is 0. The zero-order chi connectivity index (χ0) is 16.4. The lowest BCUT2D eigenvalue weighted by Crippen LogP contribution is -2.52. The van der Waals surface area contributed by atoms with Crippen LogP contribution < -0.4 is 0 Å². The molecule has 130 valence electrons. The monoisotopic (exact) mass is 322 g/mol. The van der Waals surface area contributed by atoms with Gasteiger partial charge in [0.15, 0.2) is 0 Å². The van der Waals surface area contributed by atoms with Gasteiger partial charge in [0.2, 0.25) is 11.8 Å². The summed E-state index contributed by atoms with van der Waals surface area (Å²) in [5, 5.41) is 0. The van der Waals surface area contributed by atoms with Crippen LogP contribution in [0.25, 0.3) is 0 Å². The summed E-state index contributed by atoms with van der Waals surface area (Å²) in [5.41, 5.74) is 0. The van der Waals surface area contributed by atoms with E-state index < -0.39 is 0 Å². The van der Waals surface area contributed by atoms with E-state index in [-0.39, 0.29) is 30.4 Å². The quantitative estimate of drug-likeness (QED) is 0.732. The minimum atomic E-state index is -0.0325. The maximum Gasteiger partial charge on any atom is 0.232 e. The van der Waals surface area contributed by atoms with Gasteiger partial charge in [-0.2, -0.15) is 0 Å². The lowest BCUT2D eigenvalue weighted by Gasteiger charge is -2.44. The summed E-state index contributed by atoms with van der Waals surface area (Å²) in [5.74, 6) is 0.674. The molecule has 2 amide bonds. The van der Waals surface area contributed by atoms with Gasteiger partial charge >= 0.3 is 0 Å². The normalized spacial score (nSPS) is 34.9. The van der Waals surface area contributed by atoms with Crippen molar-refractivity contribution in [1.29, 1.82) is 0 Å². The van der Waals surface area contributed by atoms with Gasteiger partial charge in [0.25, 0.3) is 0 Å². The molecule has 5 heteroatoms. The lowest BCUT2D eigenvalue weighted by atomic mass is 9.78. The van der Waals surface area contributed by atoms with E-state index in [0.717, 1.165) is 19.4 Å². The van der Waals surface area contributed by atoms with Crippen LogP contribution >= 0.6 is 0 Å². The van der Waals surface area contributed by atoms with Crippen molar-refractivity contribution in [1.82, 2.24) is 9.80 Å². The first kappa shape index (κ1) is 16.7. The minimum Gasteiger partial charge on any atom is -0.372 e. The zero-order valence-corrected chi connectivity index (χ0v) is 14.5. The third-order valence-corrected chi connectivity index (χ3v) is 5.64. The molecule has 0 N–H and O–H groups in total. The van der Waals surface area contributed by atoms with Crippen LogP contribution in [0.4, 0.5) is 0 Å². The van der Waals surface area contributed by atoms with Crippen LogP contribution in [-0.2, 0) is 14.3 Å². The highest BCUT2D eigenvalue weighted by Crippen LogP contribution is 2.35. The Balaban J connectivity index is 1.58. The van der Waals surface area contributed by atoms with Crippen LogP contribution in [0.15, 0.2) is 0 Å². The first-order valence-corrected chi connectivity index (χ1v) is 9.27. The average Bonchev–Trinajstić information content (AvgIpc) is 2.53. The van der Waals surface area contributed by atoms with Gasteiger partial charge in [0.05, 0.1) is 12.2 Å². The van der Waals surface area contributed by atoms with E-state index in [9.17, 15) is 9.59 Å². The second kappa shape index (κ2) is 7.20. The Kier molecular flexibility index (Phi) is 5.24. The predicted octanol–water partition coefficient (Wildman–Crippen LogP) is 2.19. The lowest BCUT2D eigenvalue weighted by molar-refractivity contribution is -0.150. The Morgan fingerprint density at radius 3 is 2.35 bits per heavy atom. The van der Waals surface area contributed by atoms with E-state index in [0.29, 0.717) is 25.0 Å². The van der Waals surface area contributed by atoms with E-state index in [1.54, 1.807) is 4.90 Å². The average molecular weight is 322 g/mol. The van der Waals surface area contributed by atoms with Crippen LogP contribution in [0, 0.1) is 5.92 Å². The van der Waals surface area contributed by atoms with Crippen molar-refractivity contribution in [3.63, 3.8) is 0 Å². The van der Waals surface area contributed by atoms with E-state index >= 15 is 0 Å². The Morgan fingerprint density at radius 1 is 0.957 bits per heavy atom. The Bertz CT molecular complexity index is 442. The van der Waals surface area contributed by atoms with Crippen molar-refractivity contribution in [2.45, 2.75) is 77.0 Å². The molecule has 1 aliphatic carbocycles. The van der Waals surface area contributed by atoms with E-state index in [1.165, 1.54) is 25.7 Å². The SMILES string of the molecule is CC1CN(C(=O)CC(=O)N2CCCC3CCCCC32)CC(C)O1. The summed E-state index contributed by atoms with van der Waals surface area (Å²) in [7, 11) is 0. The summed E-state index contributed by atoms with van der Waals surface area (Å²) in [6.07, 6.45) is 7.36. The summed E-state index contributed by atoms with van der Waals surface area (Å²) in [4.78, 5) is 29.1. The third kappa shape index (κ3) is 3.87. The Morgan fingerprint density at radius 2 is 1.61 bits per heavy atom. The summed E-state index contributed by atoms with van der Waals surface area (Å²) in [6, 6.07) is 0.389. The van der Waals surface area contributed by atoms with Crippen LogP contribution in [-0.4, -0.2) is 59.5 Å². The van der Waals surface area contributed by atoms with Crippen molar-refractivity contribution in [2.75, 3.05) is 19.6 Å². The van der Waals surface area contributed by atoms with E-state index in [4.69, 9.17) is 4.74 Å². The number of hydrogen-bond donors (Lipinski definition) is 0. The van der Waals surface area contributed by atoms with Crippen molar-refractivity contribution < 1.29 is 14.3 Å². The summed E-state index contributed by atoms with van der Waals surface area (Å²) in [6.45, 7) is 6.00. The molecule has 0 spiro atoms. The highest BCUT2D eigenvalue weighted by atomic mass is 16.5. The topological polar surface area (TPSA) is 49.9 Å². The molecule has 2 aliphatic heterocycles. The number of rotatable bonds is 2. The van der Waals surface area contributed by atoms with Gasteiger partial charge in [0.1, 0.15) is 6.42 Å². The fourth-order valence-electron chi connectivity index (χ4n) is 4.66. The second-order valence-electron chi connectivity index (χ2n) is 7.57. The number of nitrogens with zero attached hydrogens (tertiary/aromatic N) is 2. The van der Waals surface area contributed by atoms with Crippen molar-refractivity contribution in [3.05, 3.63) is 0 Å². The van der Waals surface area contributed by atoms with Crippen molar-refractivity contribution >= 4 is 11.8 Å². The molecule has 0 aromatic carbocycles. The molecule has 0 radical (unpaired) electrons. The van der Waals surface area contributed by atoms with Gasteiger partial charge < -0.3 is 14.5 Å². The molecule has 2 heterocycles. The number of carbonyl (C=O) groups excluding carboxylic acids is 2. The maximum absolute atomic E-state index is 12.7. The molecular weight excluding hydrogens is 292 g/mol. The predicted molar refractivity (Wildman–Crippen MR) is 87.9 cm³/mol.